The Labute approximate surface area is 59.1 Å². The number of rotatable bonds is 0. The first kappa shape index (κ1) is 45.4. The van der Waals surface area contributed by atoms with Crippen molar-refractivity contribution in [1.82, 2.24) is 0 Å². The molecule has 0 aromatic heterocycles. The van der Waals surface area contributed by atoms with Crippen molar-refractivity contribution in [3.8, 4) is 0 Å². The van der Waals surface area contributed by atoms with E-state index in [4.69, 9.17) is 0 Å². The number of hydrogen-bond acceptors (Lipinski definition) is 0. The predicted molar refractivity (Wildman–Crippen MR) is 2.50 cm³/mol. The van der Waals surface area contributed by atoms with E-state index in [9.17, 15) is 0 Å². The first-order valence-corrected chi connectivity index (χ1v) is 0. The average molecular weight is 230 g/mol. The fourth-order valence-electron chi connectivity index (χ4n) is 0. The van der Waals surface area contributed by atoms with Gasteiger partial charge in [0.15, 0.2) is 0 Å². The van der Waals surface area contributed by atoms with Crippen LogP contribution in [0.1, 0.15) is 0 Å². The van der Waals surface area contributed by atoms with E-state index in [0.717, 1.165) is 0 Å². The summed E-state index contributed by atoms with van der Waals surface area (Å²) in [6.07, 6.45) is 0. The second kappa shape index (κ2) is 22.9. The van der Waals surface area contributed by atoms with Gasteiger partial charge in [-0.2, -0.15) is 0 Å². The van der Waals surface area contributed by atoms with E-state index < -0.39 is 0 Å². The molecule has 0 rings (SSSR count). The number of hydrogen-bond donors (Lipinski definition) is 0. The third-order valence-electron chi connectivity index (χ3n) is 0. The van der Waals surface area contributed by atoms with Gasteiger partial charge in [-0.15, -0.1) is 0 Å². The van der Waals surface area contributed by atoms with Crippen molar-refractivity contribution in [1.29, 1.82) is 0 Å². The molecule has 0 aliphatic heterocycles. The maximum absolute atomic E-state index is 0. The Bertz CT molecular complexity index is 8.00. The van der Waals surface area contributed by atoms with Crippen LogP contribution in [0.25, 0.3) is 0 Å². The fraction of sp³-hybridized carbons (Fsp3) is 0. The zero-order valence-electron chi connectivity index (χ0n) is 1.51. The van der Waals surface area contributed by atoms with Crippen molar-refractivity contribution in [2.45, 2.75) is 0 Å². The van der Waals surface area contributed by atoms with E-state index in [-0.39, 0.29) is 59.3 Å². The van der Waals surface area contributed by atoms with Crippen LogP contribution in [0.2, 0.25) is 0 Å². The van der Waals surface area contributed by atoms with Gasteiger partial charge in [-0.05, 0) is 0 Å². The molecule has 0 aromatic rings. The molecule has 0 aliphatic rings. The second-order valence-electron chi connectivity index (χ2n) is 0. The third kappa shape index (κ3) is 9.45. The molecule has 4 heavy (non-hydrogen) atoms. The SMILES string of the molecule is F.[Mn].[Mo].[Ni]. The largest absolute Gasteiger partial charge is 0.269 e. The quantitative estimate of drug-likeness (QED) is 0.519. The summed E-state index contributed by atoms with van der Waals surface area (Å²) in [5, 5.41) is 0. The van der Waals surface area contributed by atoms with Gasteiger partial charge in [0, 0.05) is 54.6 Å². The van der Waals surface area contributed by atoms with E-state index in [1.54, 1.807) is 0 Å². The minimum Gasteiger partial charge on any atom is -0.269 e. The van der Waals surface area contributed by atoms with E-state index in [2.05, 4.69) is 0 Å². The molecular formula is HFMnMoNi. The van der Waals surface area contributed by atoms with E-state index >= 15 is 0 Å². The van der Waals surface area contributed by atoms with Crippen LogP contribution in [-0.4, -0.2) is 0 Å². The summed E-state index contributed by atoms with van der Waals surface area (Å²) in [5.74, 6) is 0. The molecule has 0 amide bonds. The maximum Gasteiger partial charge on any atom is 0 e. The molecule has 4 heteroatoms. The monoisotopic (exact) mass is 231 g/mol. The third-order valence-corrected chi connectivity index (χ3v) is 0. The Hall–Kier alpha value is 1.63. The van der Waals surface area contributed by atoms with Crippen molar-refractivity contribution >= 4 is 0 Å². The molecule has 0 saturated heterocycles. The molecule has 0 saturated carbocycles. The fourth-order valence-corrected chi connectivity index (χ4v) is 0. The molecule has 0 aliphatic carbocycles. The summed E-state index contributed by atoms with van der Waals surface area (Å²) >= 11 is 0. The van der Waals surface area contributed by atoms with Crippen LogP contribution in [0, 0.1) is 0 Å². The van der Waals surface area contributed by atoms with Crippen LogP contribution >= 0.6 is 0 Å². The van der Waals surface area contributed by atoms with Crippen molar-refractivity contribution < 1.29 is 59.3 Å². The van der Waals surface area contributed by atoms with Crippen molar-refractivity contribution in [3.05, 3.63) is 0 Å². The zero-order chi connectivity index (χ0) is 0. The predicted octanol–water partition coefficient (Wildman–Crippen LogP) is 0.145. The zero-order valence-corrected chi connectivity index (χ0v) is 5.69. The van der Waals surface area contributed by atoms with Gasteiger partial charge < -0.3 is 0 Å². The van der Waals surface area contributed by atoms with Gasteiger partial charge in [0.25, 0.3) is 0 Å². The van der Waals surface area contributed by atoms with Crippen LogP contribution in [0.4, 0.5) is 4.70 Å². The van der Waals surface area contributed by atoms with E-state index in [0.29, 0.717) is 0 Å². The molecule has 0 unspecified atom stereocenters. The Morgan fingerprint density at radius 2 is 1.00 bits per heavy atom. The first-order valence-electron chi connectivity index (χ1n) is 0. The van der Waals surface area contributed by atoms with Crippen LogP contribution in [0.5, 0.6) is 0 Å². The second-order valence-corrected chi connectivity index (χ2v) is 0. The minimum atomic E-state index is 0. The summed E-state index contributed by atoms with van der Waals surface area (Å²) in [4.78, 5) is 0. The van der Waals surface area contributed by atoms with Crippen molar-refractivity contribution in [3.63, 3.8) is 0 Å². The molecule has 0 fully saturated rings. The number of halogens is 1. The van der Waals surface area contributed by atoms with E-state index in [1.165, 1.54) is 0 Å². The van der Waals surface area contributed by atoms with Crippen LogP contribution in [0.15, 0.2) is 0 Å². The standard InChI is InChI=1S/FH.Mn.Mo.Ni/h1H;;;. The van der Waals surface area contributed by atoms with Gasteiger partial charge in [-0.3, -0.25) is 4.70 Å². The normalized spacial score (nSPS) is 0. The van der Waals surface area contributed by atoms with Crippen LogP contribution in [0.3, 0.4) is 0 Å². The first-order chi connectivity index (χ1) is 0. The van der Waals surface area contributed by atoms with Gasteiger partial charge in [0.1, 0.15) is 0 Å². The molecule has 0 bridgehead atoms. The Balaban J connectivity index is 0. The molecule has 1 radical (unpaired) electrons. The summed E-state index contributed by atoms with van der Waals surface area (Å²) < 4.78 is 0. The molecule has 0 nitrogen and oxygen atoms in total. The smallest absolute Gasteiger partial charge is 0 e. The Kier molecular flexibility index (Phi) is 260. The summed E-state index contributed by atoms with van der Waals surface area (Å²) in [6, 6.07) is 0. The van der Waals surface area contributed by atoms with Crippen molar-refractivity contribution in [2.24, 2.45) is 0 Å². The molecule has 31 valence electrons. The van der Waals surface area contributed by atoms with Gasteiger partial charge in [0.05, 0.1) is 0 Å². The summed E-state index contributed by atoms with van der Waals surface area (Å²) in [6.45, 7) is 0. The van der Waals surface area contributed by atoms with E-state index in [1.807, 2.05) is 0 Å². The molecule has 0 N–H and O–H groups in total. The van der Waals surface area contributed by atoms with Crippen LogP contribution in [-0.2, 0) is 54.6 Å². The minimum absolute atomic E-state index is 0. The Morgan fingerprint density at radius 1 is 1.00 bits per heavy atom. The van der Waals surface area contributed by atoms with Crippen molar-refractivity contribution in [2.75, 3.05) is 0 Å². The molecule has 0 atom stereocenters. The van der Waals surface area contributed by atoms with Gasteiger partial charge in [0.2, 0.25) is 0 Å². The summed E-state index contributed by atoms with van der Waals surface area (Å²) in [5.41, 5.74) is 0. The molecule has 0 aromatic carbocycles. The van der Waals surface area contributed by atoms with Gasteiger partial charge >= 0.3 is 0 Å². The summed E-state index contributed by atoms with van der Waals surface area (Å²) in [7, 11) is 0. The molecule has 0 heterocycles. The van der Waals surface area contributed by atoms with Crippen LogP contribution < -0.4 is 0 Å². The molecular weight excluding hydrogens is 229 g/mol. The topological polar surface area (TPSA) is 0 Å². The maximum atomic E-state index is 0. The van der Waals surface area contributed by atoms with Gasteiger partial charge in [-0.25, -0.2) is 0 Å². The van der Waals surface area contributed by atoms with Gasteiger partial charge in [-0.1, -0.05) is 0 Å². The molecule has 0 spiro atoms. The average Bonchev–Trinajstić information content (AvgIpc) is 0. The Morgan fingerprint density at radius 3 is 1.00 bits per heavy atom.